The second kappa shape index (κ2) is 9.23. The monoisotopic (exact) mass is 182 g/mol. The molecule has 0 amide bonds. The van der Waals surface area contributed by atoms with Gasteiger partial charge in [-0.25, -0.2) is 0 Å². The third-order valence-corrected chi connectivity index (χ3v) is 1.60. The third-order valence-electron chi connectivity index (χ3n) is 1.60. The zero-order valence-electron chi connectivity index (χ0n) is 8.06. The molecule has 2 nitrogen and oxygen atoms in total. The first-order valence-corrected chi connectivity index (χ1v) is 4.60. The summed E-state index contributed by atoms with van der Waals surface area (Å²) in [6, 6.07) is 12.0. The largest absolute Gasteiger partial charge is 0.396 e. The Bertz CT molecular complexity index is 148. The van der Waals surface area contributed by atoms with E-state index in [1.54, 1.807) is 0 Å². The van der Waals surface area contributed by atoms with Crippen LogP contribution in [0.25, 0.3) is 0 Å². The predicted octanol–water partition coefficient (Wildman–Crippen LogP) is 1.83. The van der Waals surface area contributed by atoms with Crippen molar-refractivity contribution in [2.24, 2.45) is 0 Å². The summed E-state index contributed by atoms with van der Waals surface area (Å²) in [7, 11) is 0. The van der Waals surface area contributed by atoms with Gasteiger partial charge in [0.25, 0.3) is 0 Å². The van der Waals surface area contributed by atoms with E-state index in [1.165, 1.54) is 0 Å². The predicted molar refractivity (Wildman–Crippen MR) is 54.4 cm³/mol. The standard InChI is InChI=1S/C6H6.C5H12O2/c1-2-4-6-5-3-1;1-2-5(7)3-4-6/h1-6H;5-7H,2-4H2,1H3. The van der Waals surface area contributed by atoms with E-state index in [1.807, 2.05) is 43.3 Å². The van der Waals surface area contributed by atoms with Crippen LogP contribution < -0.4 is 0 Å². The summed E-state index contributed by atoms with van der Waals surface area (Å²) in [6.45, 7) is 1.98. The molecule has 0 saturated carbocycles. The average Bonchev–Trinajstić information content (AvgIpc) is 2.22. The van der Waals surface area contributed by atoms with Crippen molar-refractivity contribution in [3.8, 4) is 0 Å². The lowest BCUT2D eigenvalue weighted by molar-refractivity contribution is 0.129. The molecule has 0 aliphatic carbocycles. The lowest BCUT2D eigenvalue weighted by Gasteiger charge is -2.01. The van der Waals surface area contributed by atoms with Crippen LogP contribution in [0.4, 0.5) is 0 Å². The van der Waals surface area contributed by atoms with Crippen molar-refractivity contribution in [2.45, 2.75) is 25.9 Å². The molecule has 2 N–H and O–H groups in total. The van der Waals surface area contributed by atoms with Crippen molar-refractivity contribution in [2.75, 3.05) is 6.61 Å². The number of benzene rings is 1. The Labute approximate surface area is 79.9 Å². The van der Waals surface area contributed by atoms with Crippen molar-refractivity contribution in [1.29, 1.82) is 0 Å². The normalized spacial score (nSPS) is 11.3. The molecule has 2 heteroatoms. The molecule has 74 valence electrons. The number of aliphatic hydroxyl groups is 2. The molecule has 13 heavy (non-hydrogen) atoms. The number of hydrogen-bond acceptors (Lipinski definition) is 2. The van der Waals surface area contributed by atoms with Crippen LogP contribution in [0.1, 0.15) is 19.8 Å². The van der Waals surface area contributed by atoms with Crippen molar-refractivity contribution >= 4 is 0 Å². The lowest BCUT2D eigenvalue weighted by Crippen LogP contribution is -2.05. The maximum Gasteiger partial charge on any atom is 0.0559 e. The molecule has 0 spiro atoms. The minimum absolute atomic E-state index is 0.0923. The fourth-order valence-corrected chi connectivity index (χ4v) is 0.738. The third kappa shape index (κ3) is 9.05. The molecule has 1 aromatic carbocycles. The van der Waals surface area contributed by atoms with Crippen molar-refractivity contribution in [3.63, 3.8) is 0 Å². The first kappa shape index (κ1) is 12.1. The second-order valence-corrected chi connectivity index (χ2v) is 2.73. The average molecular weight is 182 g/mol. The molecule has 1 atom stereocenters. The Morgan fingerprint density at radius 1 is 1.00 bits per heavy atom. The van der Waals surface area contributed by atoms with Gasteiger partial charge in [0.05, 0.1) is 6.10 Å². The van der Waals surface area contributed by atoms with Crippen LogP contribution in [0.5, 0.6) is 0 Å². The molecule has 1 rings (SSSR count). The molecule has 1 aromatic rings. The maximum atomic E-state index is 8.70. The highest BCUT2D eigenvalue weighted by Crippen LogP contribution is 1.92. The topological polar surface area (TPSA) is 40.5 Å². The minimum atomic E-state index is -0.301. The van der Waals surface area contributed by atoms with Gasteiger partial charge in [0.1, 0.15) is 0 Å². The molecule has 0 fully saturated rings. The smallest absolute Gasteiger partial charge is 0.0559 e. The highest BCUT2D eigenvalue weighted by molar-refractivity contribution is 4.99. The Kier molecular flexibility index (Phi) is 8.62. The first-order valence-electron chi connectivity index (χ1n) is 4.60. The van der Waals surface area contributed by atoms with Crippen molar-refractivity contribution in [3.05, 3.63) is 36.4 Å². The molecule has 0 aliphatic heterocycles. The van der Waals surface area contributed by atoms with Gasteiger partial charge in [-0.3, -0.25) is 0 Å². The molecular formula is C11H18O2. The SMILES string of the molecule is CCC(O)CCO.c1ccccc1. The molecule has 0 bridgehead atoms. The van der Waals surface area contributed by atoms with Gasteiger partial charge >= 0.3 is 0 Å². The van der Waals surface area contributed by atoms with E-state index in [9.17, 15) is 0 Å². The van der Waals surface area contributed by atoms with Gasteiger partial charge in [-0.15, -0.1) is 0 Å². The van der Waals surface area contributed by atoms with Crippen LogP contribution in [0.3, 0.4) is 0 Å². The maximum absolute atomic E-state index is 8.70. The summed E-state index contributed by atoms with van der Waals surface area (Å²) >= 11 is 0. The first-order chi connectivity index (χ1) is 6.31. The molecule has 0 aliphatic rings. The summed E-state index contributed by atoms with van der Waals surface area (Å²) in [4.78, 5) is 0. The Morgan fingerprint density at radius 2 is 1.38 bits per heavy atom. The minimum Gasteiger partial charge on any atom is -0.396 e. The number of hydrogen-bond donors (Lipinski definition) is 2. The van der Waals surface area contributed by atoms with Crippen LogP contribution in [0.2, 0.25) is 0 Å². The van der Waals surface area contributed by atoms with Gasteiger partial charge in [0.2, 0.25) is 0 Å². The van der Waals surface area contributed by atoms with Crippen LogP contribution in [-0.2, 0) is 0 Å². The van der Waals surface area contributed by atoms with Crippen LogP contribution >= 0.6 is 0 Å². The van der Waals surface area contributed by atoms with Gasteiger partial charge < -0.3 is 10.2 Å². The van der Waals surface area contributed by atoms with Gasteiger partial charge in [0.15, 0.2) is 0 Å². The van der Waals surface area contributed by atoms with Gasteiger partial charge in [-0.05, 0) is 12.8 Å². The highest BCUT2D eigenvalue weighted by Gasteiger charge is 1.95. The number of rotatable bonds is 3. The summed E-state index contributed by atoms with van der Waals surface area (Å²) in [6.07, 6.45) is 0.946. The highest BCUT2D eigenvalue weighted by atomic mass is 16.3. The molecule has 0 heterocycles. The Hall–Kier alpha value is -0.860. The van der Waals surface area contributed by atoms with Crippen LogP contribution in [0, 0.1) is 0 Å². The van der Waals surface area contributed by atoms with Gasteiger partial charge in [-0.2, -0.15) is 0 Å². The summed E-state index contributed by atoms with van der Waals surface area (Å²) in [5.41, 5.74) is 0. The molecule has 1 unspecified atom stereocenters. The van der Waals surface area contributed by atoms with Crippen molar-refractivity contribution in [1.82, 2.24) is 0 Å². The van der Waals surface area contributed by atoms with E-state index in [4.69, 9.17) is 10.2 Å². The zero-order chi connectivity index (χ0) is 9.94. The summed E-state index contributed by atoms with van der Waals surface area (Å²) in [5, 5.41) is 16.9. The summed E-state index contributed by atoms with van der Waals surface area (Å²) in [5.74, 6) is 0. The Balaban J connectivity index is 0.000000223. The lowest BCUT2D eigenvalue weighted by atomic mass is 10.2. The molecular weight excluding hydrogens is 164 g/mol. The Morgan fingerprint density at radius 3 is 1.54 bits per heavy atom. The summed E-state index contributed by atoms with van der Waals surface area (Å²) < 4.78 is 0. The van der Waals surface area contributed by atoms with E-state index >= 15 is 0 Å². The second-order valence-electron chi connectivity index (χ2n) is 2.73. The van der Waals surface area contributed by atoms with Gasteiger partial charge in [-0.1, -0.05) is 43.3 Å². The van der Waals surface area contributed by atoms with E-state index in [0.29, 0.717) is 6.42 Å². The van der Waals surface area contributed by atoms with Gasteiger partial charge in [0, 0.05) is 6.61 Å². The van der Waals surface area contributed by atoms with Crippen LogP contribution in [0.15, 0.2) is 36.4 Å². The quantitative estimate of drug-likeness (QED) is 0.748. The van der Waals surface area contributed by atoms with Crippen LogP contribution in [-0.4, -0.2) is 22.9 Å². The molecule has 0 saturated heterocycles. The molecule has 0 aromatic heterocycles. The van der Waals surface area contributed by atoms with E-state index in [0.717, 1.165) is 6.42 Å². The fraction of sp³-hybridized carbons (Fsp3) is 0.455. The fourth-order valence-electron chi connectivity index (χ4n) is 0.738. The molecule has 0 radical (unpaired) electrons. The number of aliphatic hydroxyl groups excluding tert-OH is 2. The van der Waals surface area contributed by atoms with E-state index in [-0.39, 0.29) is 12.7 Å². The van der Waals surface area contributed by atoms with E-state index < -0.39 is 0 Å². The van der Waals surface area contributed by atoms with E-state index in [2.05, 4.69) is 0 Å². The zero-order valence-corrected chi connectivity index (χ0v) is 8.06. The van der Waals surface area contributed by atoms with Crippen molar-refractivity contribution < 1.29 is 10.2 Å².